The highest BCUT2D eigenvalue weighted by Crippen LogP contribution is 2.41. The lowest BCUT2D eigenvalue weighted by Crippen LogP contribution is -1.99. The average molecular weight is 355 g/mol. The Morgan fingerprint density at radius 2 is 1.54 bits per heavy atom. The van der Waals surface area contributed by atoms with E-state index in [4.69, 9.17) is 11.6 Å². The second-order valence-corrected chi connectivity index (χ2v) is 5.68. The molecule has 0 amide bonds. The summed E-state index contributed by atoms with van der Waals surface area (Å²) in [4.78, 5) is 0. The van der Waals surface area contributed by atoms with E-state index in [1.807, 2.05) is 0 Å². The van der Waals surface area contributed by atoms with Crippen LogP contribution in [0.1, 0.15) is 5.69 Å². The lowest BCUT2D eigenvalue weighted by atomic mass is 9.97. The van der Waals surface area contributed by atoms with E-state index in [0.717, 1.165) is 18.2 Å². The zero-order valence-corrected chi connectivity index (χ0v) is 13.4. The van der Waals surface area contributed by atoms with Gasteiger partial charge in [0.05, 0.1) is 27.5 Å². The maximum Gasteiger partial charge on any atom is 0.137 e. The van der Waals surface area contributed by atoms with Gasteiger partial charge in [-0.25, -0.2) is 17.6 Å². The third kappa shape index (κ3) is 2.57. The van der Waals surface area contributed by atoms with Crippen LogP contribution in [-0.2, 0) is 7.05 Å². The van der Waals surface area contributed by atoms with Crippen LogP contribution < -0.4 is 0 Å². The van der Waals surface area contributed by atoms with E-state index in [1.165, 1.54) is 17.8 Å². The van der Waals surface area contributed by atoms with Crippen LogP contribution in [0.15, 0.2) is 30.3 Å². The van der Waals surface area contributed by atoms with Gasteiger partial charge in [-0.05, 0) is 25.1 Å². The summed E-state index contributed by atoms with van der Waals surface area (Å²) < 4.78 is 57.4. The zero-order chi connectivity index (χ0) is 17.6. The van der Waals surface area contributed by atoms with Gasteiger partial charge in [0.25, 0.3) is 0 Å². The van der Waals surface area contributed by atoms with Crippen molar-refractivity contribution in [1.82, 2.24) is 9.78 Å². The number of halogens is 5. The summed E-state index contributed by atoms with van der Waals surface area (Å²) in [5, 5.41) is 3.90. The van der Waals surface area contributed by atoms with Crippen LogP contribution in [0, 0.1) is 30.2 Å². The van der Waals surface area contributed by atoms with Crippen LogP contribution in [0.5, 0.6) is 0 Å². The van der Waals surface area contributed by atoms with Crippen LogP contribution in [0.4, 0.5) is 17.6 Å². The first-order valence-electron chi connectivity index (χ1n) is 6.94. The van der Waals surface area contributed by atoms with Crippen LogP contribution in [-0.4, -0.2) is 9.78 Å². The molecule has 2 nitrogen and oxygen atoms in total. The van der Waals surface area contributed by atoms with E-state index < -0.39 is 23.3 Å². The van der Waals surface area contributed by atoms with E-state index in [-0.39, 0.29) is 33.1 Å². The molecule has 0 aliphatic rings. The third-order valence-corrected chi connectivity index (χ3v) is 3.98. The van der Waals surface area contributed by atoms with Crippen molar-refractivity contribution in [2.24, 2.45) is 7.05 Å². The van der Waals surface area contributed by atoms with Crippen LogP contribution in [0.3, 0.4) is 0 Å². The first kappa shape index (κ1) is 16.5. The molecule has 0 radical (unpaired) electrons. The molecular weight excluding hydrogens is 344 g/mol. The molecule has 3 rings (SSSR count). The van der Waals surface area contributed by atoms with Gasteiger partial charge in [-0.2, -0.15) is 5.10 Å². The molecule has 0 atom stereocenters. The van der Waals surface area contributed by atoms with Crippen LogP contribution >= 0.6 is 11.6 Å². The third-order valence-electron chi connectivity index (χ3n) is 3.68. The van der Waals surface area contributed by atoms with E-state index in [9.17, 15) is 17.6 Å². The Balaban J connectivity index is 2.41. The maximum atomic E-state index is 14.3. The lowest BCUT2D eigenvalue weighted by molar-refractivity contribution is 0.583. The molecular formula is C17H11ClF4N2. The van der Waals surface area contributed by atoms with Gasteiger partial charge in [-0.15, -0.1) is 0 Å². The molecule has 3 aromatic rings. The van der Waals surface area contributed by atoms with Crippen molar-refractivity contribution < 1.29 is 17.6 Å². The summed E-state index contributed by atoms with van der Waals surface area (Å²) in [5.41, 5.74) is -0.0764. The van der Waals surface area contributed by atoms with Crippen molar-refractivity contribution in [2.45, 2.75) is 6.92 Å². The predicted octanol–water partition coefficient (Wildman–Crippen LogP) is 5.27. The summed E-state index contributed by atoms with van der Waals surface area (Å²) in [5.74, 6) is -3.42. The van der Waals surface area contributed by atoms with Gasteiger partial charge in [0.15, 0.2) is 0 Å². The monoisotopic (exact) mass is 354 g/mol. The highest BCUT2D eigenvalue weighted by atomic mass is 35.5. The first-order chi connectivity index (χ1) is 11.3. The van der Waals surface area contributed by atoms with E-state index in [0.29, 0.717) is 6.07 Å². The molecule has 0 spiro atoms. The molecule has 0 saturated heterocycles. The van der Waals surface area contributed by atoms with Crippen molar-refractivity contribution in [3.63, 3.8) is 0 Å². The molecule has 1 aromatic heterocycles. The fourth-order valence-electron chi connectivity index (χ4n) is 2.75. The smallest absolute Gasteiger partial charge is 0.137 e. The van der Waals surface area contributed by atoms with Gasteiger partial charge in [0, 0.05) is 18.7 Å². The molecule has 0 unspecified atom stereocenters. The number of aromatic nitrogens is 2. The van der Waals surface area contributed by atoms with Gasteiger partial charge >= 0.3 is 0 Å². The highest BCUT2D eigenvalue weighted by Gasteiger charge is 2.26. The second kappa shape index (κ2) is 5.94. The van der Waals surface area contributed by atoms with Gasteiger partial charge in [0.1, 0.15) is 23.3 Å². The van der Waals surface area contributed by atoms with Gasteiger partial charge in [0.2, 0.25) is 0 Å². The molecule has 0 N–H and O–H groups in total. The summed E-state index contributed by atoms with van der Waals surface area (Å²) in [6.45, 7) is 1.54. The number of hydrogen-bond acceptors (Lipinski definition) is 1. The molecule has 1 heterocycles. The topological polar surface area (TPSA) is 17.8 Å². The Bertz CT molecular complexity index is 907. The van der Waals surface area contributed by atoms with Crippen molar-refractivity contribution in [3.05, 3.63) is 64.3 Å². The summed E-state index contributed by atoms with van der Waals surface area (Å²) in [6.07, 6.45) is 0. The largest absolute Gasteiger partial charge is 0.267 e. The lowest BCUT2D eigenvalue weighted by Gasteiger charge is -2.12. The SMILES string of the molecule is Cc1nn(C)c(-c2c(F)cc(F)cc2Cl)c1-c1c(F)cccc1F. The molecule has 0 aliphatic carbocycles. The standard InChI is InChI=1S/C17H11ClF4N2/c1-8-14(16-11(20)4-3-5-12(16)21)17(24(2)23-8)15-10(18)6-9(19)7-13(15)22/h3-7H,1-2H3. The molecule has 7 heteroatoms. The summed E-state index contributed by atoms with van der Waals surface area (Å²) in [6, 6.07) is 5.01. The van der Waals surface area contributed by atoms with Crippen LogP contribution in [0.25, 0.3) is 22.4 Å². The molecule has 0 fully saturated rings. The molecule has 0 saturated carbocycles. The number of benzene rings is 2. The number of hydrogen-bond donors (Lipinski definition) is 0. The van der Waals surface area contributed by atoms with Crippen molar-refractivity contribution in [3.8, 4) is 22.4 Å². The number of nitrogens with zero attached hydrogens (tertiary/aromatic N) is 2. The number of rotatable bonds is 2. The van der Waals surface area contributed by atoms with E-state index in [1.54, 1.807) is 6.92 Å². The van der Waals surface area contributed by atoms with Crippen LogP contribution in [0.2, 0.25) is 5.02 Å². The fraction of sp³-hybridized carbons (Fsp3) is 0.118. The minimum atomic E-state index is -0.944. The Kier molecular flexibility index (Phi) is 4.09. The van der Waals surface area contributed by atoms with Crippen molar-refractivity contribution in [2.75, 3.05) is 0 Å². The Morgan fingerprint density at radius 1 is 0.917 bits per heavy atom. The minimum absolute atomic E-state index is 0.0685. The fourth-order valence-corrected chi connectivity index (χ4v) is 3.03. The maximum absolute atomic E-state index is 14.3. The first-order valence-corrected chi connectivity index (χ1v) is 7.32. The minimum Gasteiger partial charge on any atom is -0.267 e. The molecule has 24 heavy (non-hydrogen) atoms. The molecule has 0 bridgehead atoms. The molecule has 124 valence electrons. The normalized spacial score (nSPS) is 11.1. The summed E-state index contributed by atoms with van der Waals surface area (Å²) >= 11 is 5.98. The Morgan fingerprint density at radius 3 is 2.12 bits per heavy atom. The highest BCUT2D eigenvalue weighted by molar-refractivity contribution is 6.33. The predicted molar refractivity (Wildman–Crippen MR) is 83.7 cm³/mol. The summed E-state index contributed by atoms with van der Waals surface area (Å²) in [7, 11) is 1.49. The molecule has 0 aliphatic heterocycles. The van der Waals surface area contributed by atoms with Crippen molar-refractivity contribution >= 4 is 11.6 Å². The number of aryl methyl sites for hydroxylation is 2. The van der Waals surface area contributed by atoms with Crippen molar-refractivity contribution in [1.29, 1.82) is 0 Å². The van der Waals surface area contributed by atoms with Gasteiger partial charge in [-0.1, -0.05) is 17.7 Å². The van der Waals surface area contributed by atoms with Gasteiger partial charge in [-0.3, -0.25) is 4.68 Å². The van der Waals surface area contributed by atoms with Gasteiger partial charge < -0.3 is 0 Å². The quantitative estimate of drug-likeness (QED) is 0.573. The zero-order valence-electron chi connectivity index (χ0n) is 12.7. The second-order valence-electron chi connectivity index (χ2n) is 5.27. The Hall–Kier alpha value is -2.34. The average Bonchev–Trinajstić information content (AvgIpc) is 2.73. The van der Waals surface area contributed by atoms with E-state index in [2.05, 4.69) is 5.10 Å². The van der Waals surface area contributed by atoms with E-state index >= 15 is 0 Å². The molecule has 2 aromatic carbocycles. The Labute approximate surface area is 140 Å².